The second kappa shape index (κ2) is 7.06. The van der Waals surface area contributed by atoms with Gasteiger partial charge in [0.05, 0.1) is 12.8 Å². The van der Waals surface area contributed by atoms with Crippen molar-refractivity contribution in [3.63, 3.8) is 0 Å². The zero-order valence-electron chi connectivity index (χ0n) is 12.6. The highest BCUT2D eigenvalue weighted by molar-refractivity contribution is 7.98. The normalized spacial score (nSPS) is 10.5. The van der Waals surface area contributed by atoms with E-state index in [1.54, 1.807) is 6.07 Å². The van der Waals surface area contributed by atoms with E-state index in [9.17, 15) is 14.0 Å². The molecule has 0 saturated heterocycles. The number of benzene rings is 1. The highest BCUT2D eigenvalue weighted by Crippen LogP contribution is 2.26. The summed E-state index contributed by atoms with van der Waals surface area (Å²) in [6.07, 6.45) is 1.83. The Morgan fingerprint density at radius 1 is 1.39 bits per heavy atom. The van der Waals surface area contributed by atoms with Crippen LogP contribution in [0.15, 0.2) is 34.0 Å². The van der Waals surface area contributed by atoms with E-state index in [0.29, 0.717) is 0 Å². The van der Waals surface area contributed by atoms with Gasteiger partial charge in [-0.1, -0.05) is 11.6 Å². The molecule has 5 nitrogen and oxygen atoms in total. The van der Waals surface area contributed by atoms with Crippen LogP contribution in [0, 0.1) is 5.82 Å². The minimum atomic E-state index is -0.689. The Bertz CT molecular complexity index is 823. The van der Waals surface area contributed by atoms with Gasteiger partial charge in [0, 0.05) is 11.9 Å². The Hall–Kier alpha value is -1.99. The van der Waals surface area contributed by atoms with E-state index in [1.165, 1.54) is 44.1 Å². The van der Waals surface area contributed by atoms with Crippen LogP contribution in [0.4, 0.5) is 15.9 Å². The number of carbonyl (C=O) groups is 1. The van der Waals surface area contributed by atoms with Crippen LogP contribution in [-0.2, 0) is 11.8 Å². The number of aromatic nitrogens is 1. The fraction of sp³-hybridized carbons (Fsp3) is 0.200. The first kappa shape index (κ1) is 17.4. The van der Waals surface area contributed by atoms with Crippen LogP contribution in [0.1, 0.15) is 10.4 Å². The lowest BCUT2D eigenvalue weighted by Gasteiger charge is -2.16. The number of thioether (sulfide) groups is 1. The number of esters is 1. The summed E-state index contributed by atoms with van der Waals surface area (Å²) in [6.45, 7) is 0. The molecule has 0 spiro atoms. The topological polar surface area (TPSA) is 60.3 Å². The molecule has 1 heterocycles. The van der Waals surface area contributed by atoms with Crippen molar-refractivity contribution in [2.24, 2.45) is 7.05 Å². The highest BCUT2D eigenvalue weighted by atomic mass is 35.5. The molecule has 0 atom stereocenters. The van der Waals surface area contributed by atoms with Crippen LogP contribution in [0.5, 0.6) is 0 Å². The van der Waals surface area contributed by atoms with Crippen molar-refractivity contribution >= 4 is 40.8 Å². The van der Waals surface area contributed by atoms with Gasteiger partial charge in [0.1, 0.15) is 22.2 Å². The molecule has 0 aliphatic heterocycles. The molecular formula is C15H14ClFN2O3S. The molecule has 1 aromatic heterocycles. The molecule has 2 aromatic rings. The smallest absolute Gasteiger partial charge is 0.341 e. The van der Waals surface area contributed by atoms with Crippen molar-refractivity contribution in [1.29, 1.82) is 0 Å². The van der Waals surface area contributed by atoms with Gasteiger partial charge in [0.15, 0.2) is 0 Å². The number of hydrogen-bond donors (Lipinski definition) is 1. The summed E-state index contributed by atoms with van der Waals surface area (Å²) >= 11 is 7.22. The van der Waals surface area contributed by atoms with Crippen LogP contribution >= 0.6 is 23.4 Å². The Morgan fingerprint density at radius 3 is 2.65 bits per heavy atom. The summed E-state index contributed by atoms with van der Waals surface area (Å²) in [5.41, 5.74) is -0.346. The first-order chi connectivity index (χ1) is 10.9. The van der Waals surface area contributed by atoms with Gasteiger partial charge in [0.25, 0.3) is 5.56 Å². The Kier molecular flexibility index (Phi) is 5.33. The second-order valence-corrected chi connectivity index (χ2v) is 5.87. The number of anilines is 2. The number of methoxy groups -OCH3 is 1. The summed E-state index contributed by atoms with van der Waals surface area (Å²) in [6, 6.07) is 5.81. The molecule has 23 heavy (non-hydrogen) atoms. The zero-order chi connectivity index (χ0) is 17.1. The molecule has 0 aliphatic carbocycles. The largest absolute Gasteiger partial charge is 0.465 e. The third kappa shape index (κ3) is 3.51. The molecule has 2 rings (SSSR count). The van der Waals surface area contributed by atoms with Crippen molar-refractivity contribution in [3.8, 4) is 0 Å². The number of nitrogens with one attached hydrogen (secondary N) is 1. The molecule has 0 fully saturated rings. The van der Waals surface area contributed by atoms with E-state index < -0.39 is 17.3 Å². The molecule has 8 heteroatoms. The van der Waals surface area contributed by atoms with Crippen LogP contribution in [0.2, 0.25) is 5.02 Å². The monoisotopic (exact) mass is 356 g/mol. The SMILES string of the molecule is COC(=O)c1cc(Cl)c(=O)n(C)c1Nc1ccc(SC)cc1F. The lowest BCUT2D eigenvalue weighted by molar-refractivity contribution is 0.0601. The van der Waals surface area contributed by atoms with Crippen molar-refractivity contribution in [2.45, 2.75) is 4.90 Å². The van der Waals surface area contributed by atoms with E-state index in [0.717, 1.165) is 9.46 Å². The molecule has 1 aromatic carbocycles. The minimum absolute atomic E-state index is 0.0351. The third-order valence-electron chi connectivity index (χ3n) is 3.21. The zero-order valence-corrected chi connectivity index (χ0v) is 14.2. The number of hydrogen-bond acceptors (Lipinski definition) is 5. The lowest BCUT2D eigenvalue weighted by atomic mass is 10.2. The summed E-state index contributed by atoms with van der Waals surface area (Å²) < 4.78 is 20.0. The summed E-state index contributed by atoms with van der Waals surface area (Å²) in [5, 5.41) is 2.63. The Balaban J connectivity index is 2.57. The molecule has 0 aliphatic rings. The van der Waals surface area contributed by atoms with E-state index in [4.69, 9.17) is 11.6 Å². The summed E-state index contributed by atoms with van der Waals surface area (Å²) in [5.74, 6) is -1.09. The molecule has 0 bridgehead atoms. The predicted molar refractivity (Wildman–Crippen MR) is 89.5 cm³/mol. The van der Waals surface area contributed by atoms with Crippen molar-refractivity contribution in [2.75, 3.05) is 18.7 Å². The predicted octanol–water partition coefficient (Wildman–Crippen LogP) is 3.43. The number of ether oxygens (including phenoxy) is 1. The van der Waals surface area contributed by atoms with Crippen molar-refractivity contribution < 1.29 is 13.9 Å². The van der Waals surface area contributed by atoms with Gasteiger partial charge < -0.3 is 10.1 Å². The van der Waals surface area contributed by atoms with Gasteiger partial charge in [-0.05, 0) is 30.5 Å². The van der Waals surface area contributed by atoms with Gasteiger partial charge in [-0.15, -0.1) is 11.8 Å². The molecule has 0 saturated carbocycles. The first-order valence-electron chi connectivity index (χ1n) is 6.47. The maximum atomic E-state index is 14.1. The van der Waals surface area contributed by atoms with Gasteiger partial charge in [0.2, 0.25) is 0 Å². The van der Waals surface area contributed by atoms with Gasteiger partial charge >= 0.3 is 5.97 Å². The lowest BCUT2D eigenvalue weighted by Crippen LogP contribution is -2.23. The summed E-state index contributed by atoms with van der Waals surface area (Å²) in [4.78, 5) is 24.6. The standard InChI is InChI=1S/C15H14ClFN2O3S/c1-19-13(9(15(21)22-2)7-10(16)14(19)20)18-12-5-4-8(23-3)6-11(12)17/h4-7,18H,1-3H3. The minimum Gasteiger partial charge on any atom is -0.465 e. The second-order valence-electron chi connectivity index (χ2n) is 4.58. The Labute approximate surface area is 141 Å². The number of carbonyl (C=O) groups excluding carboxylic acids is 1. The molecule has 1 N–H and O–H groups in total. The van der Waals surface area contributed by atoms with Crippen molar-refractivity contribution in [1.82, 2.24) is 4.57 Å². The van der Waals surface area contributed by atoms with Gasteiger partial charge in [-0.2, -0.15) is 0 Å². The Morgan fingerprint density at radius 2 is 2.09 bits per heavy atom. The third-order valence-corrected chi connectivity index (χ3v) is 4.20. The average Bonchev–Trinajstić information content (AvgIpc) is 2.55. The van der Waals surface area contributed by atoms with E-state index in [1.807, 2.05) is 6.26 Å². The number of nitrogens with zero attached hydrogens (tertiary/aromatic N) is 1. The number of pyridine rings is 1. The van der Waals surface area contributed by atoms with Crippen LogP contribution in [0.25, 0.3) is 0 Å². The van der Waals surface area contributed by atoms with E-state index in [-0.39, 0.29) is 22.1 Å². The average molecular weight is 357 g/mol. The maximum Gasteiger partial charge on any atom is 0.341 e. The van der Waals surface area contributed by atoms with Crippen LogP contribution in [0.3, 0.4) is 0 Å². The molecule has 0 radical (unpaired) electrons. The number of halogens is 2. The van der Waals surface area contributed by atoms with Crippen LogP contribution in [-0.4, -0.2) is 23.9 Å². The molecular weight excluding hydrogens is 343 g/mol. The molecule has 122 valence electrons. The highest BCUT2D eigenvalue weighted by Gasteiger charge is 2.19. The van der Waals surface area contributed by atoms with Gasteiger partial charge in [-0.3, -0.25) is 9.36 Å². The van der Waals surface area contributed by atoms with E-state index in [2.05, 4.69) is 10.1 Å². The number of rotatable bonds is 4. The van der Waals surface area contributed by atoms with Crippen LogP contribution < -0.4 is 10.9 Å². The van der Waals surface area contributed by atoms with Gasteiger partial charge in [-0.25, -0.2) is 9.18 Å². The van der Waals surface area contributed by atoms with E-state index >= 15 is 0 Å². The maximum absolute atomic E-state index is 14.1. The fourth-order valence-corrected chi connectivity index (χ4v) is 2.63. The van der Waals surface area contributed by atoms with Crippen molar-refractivity contribution in [3.05, 3.63) is 51.0 Å². The summed E-state index contributed by atoms with van der Waals surface area (Å²) in [7, 11) is 2.64. The first-order valence-corrected chi connectivity index (χ1v) is 8.07. The fourth-order valence-electron chi connectivity index (χ4n) is 1.97. The molecule has 0 unspecified atom stereocenters. The molecule has 0 amide bonds. The quantitative estimate of drug-likeness (QED) is 0.671.